The Morgan fingerprint density at radius 3 is 1.91 bits per heavy atom. The number of hydrogen-bond donors (Lipinski definition) is 2. The highest BCUT2D eigenvalue weighted by Gasteiger charge is 2.63. The van der Waals surface area contributed by atoms with Crippen molar-refractivity contribution in [3.63, 3.8) is 0 Å². The Balaban J connectivity index is 1.54. The van der Waals surface area contributed by atoms with Crippen LogP contribution in [0.15, 0.2) is 48.5 Å². The number of carboxylic acids is 1. The van der Waals surface area contributed by atoms with Crippen LogP contribution in [0.1, 0.15) is 57.6 Å². The summed E-state index contributed by atoms with van der Waals surface area (Å²) < 4.78 is 6.51. The predicted octanol–water partition coefficient (Wildman–Crippen LogP) is 4.48. The standard InChI is InChI=1S/C25H28N2O5/c1-23(2)14-25(21(28)29,15-24(3,4)27(23)31)26-22(30)32-13-20-18-11-7-5-9-16(18)17-10-6-8-12-19(17)20/h5-12,20H,13-15H2,1-4H3,(H-,26,28,29,30)/p+1. The minimum Gasteiger partial charge on any atom is -0.479 e. The molecule has 1 saturated heterocycles. The number of rotatable bonds is 4. The number of ether oxygens (including phenoxy) is 1. The molecule has 0 bridgehead atoms. The number of alkyl carbamates (subject to hydrolysis) is 1. The number of carbonyl (C=O) groups excluding carboxylic acids is 1. The average Bonchev–Trinajstić information content (AvgIpc) is 3.04. The molecule has 2 N–H and O–H groups in total. The summed E-state index contributed by atoms with van der Waals surface area (Å²) in [7, 11) is 0. The highest BCUT2D eigenvalue weighted by Crippen LogP contribution is 2.45. The molecule has 1 fully saturated rings. The van der Waals surface area contributed by atoms with Crippen LogP contribution in [0.5, 0.6) is 0 Å². The number of benzene rings is 2. The molecule has 0 unspecified atom stereocenters. The average molecular weight is 438 g/mol. The number of carbonyl (C=O) groups is 2. The minimum absolute atomic E-state index is 0.0214. The van der Waals surface area contributed by atoms with Gasteiger partial charge in [0.25, 0.3) is 0 Å². The molecular formula is C25H29N2O5+. The Hall–Kier alpha value is -3.22. The van der Waals surface area contributed by atoms with Crippen molar-refractivity contribution in [2.75, 3.05) is 6.61 Å². The van der Waals surface area contributed by atoms with Crippen molar-refractivity contribution in [3.8, 4) is 11.1 Å². The molecule has 2 aromatic carbocycles. The molecule has 0 radical (unpaired) electrons. The van der Waals surface area contributed by atoms with Gasteiger partial charge in [-0.15, -0.1) is 0 Å². The lowest BCUT2D eigenvalue weighted by Gasteiger charge is -2.42. The lowest BCUT2D eigenvalue weighted by Crippen LogP contribution is -2.68. The van der Waals surface area contributed by atoms with Crippen molar-refractivity contribution in [1.82, 2.24) is 5.32 Å². The fourth-order valence-electron chi connectivity index (χ4n) is 5.63. The van der Waals surface area contributed by atoms with Crippen LogP contribution in [-0.4, -0.2) is 45.2 Å². The van der Waals surface area contributed by atoms with Gasteiger partial charge in [0.2, 0.25) is 11.1 Å². The maximum atomic E-state index is 12.8. The van der Waals surface area contributed by atoms with E-state index in [9.17, 15) is 19.6 Å². The van der Waals surface area contributed by atoms with E-state index in [1.54, 1.807) is 27.7 Å². The van der Waals surface area contributed by atoms with E-state index in [4.69, 9.17) is 4.74 Å². The van der Waals surface area contributed by atoms with Crippen LogP contribution >= 0.6 is 0 Å². The molecule has 2 aliphatic rings. The summed E-state index contributed by atoms with van der Waals surface area (Å²) in [6.45, 7) is 6.86. The summed E-state index contributed by atoms with van der Waals surface area (Å²) in [5.74, 6) is -1.29. The summed E-state index contributed by atoms with van der Waals surface area (Å²) in [6, 6.07) is 16.0. The quantitative estimate of drug-likeness (QED) is 0.688. The third-order valence-corrected chi connectivity index (χ3v) is 6.66. The number of aliphatic carboxylic acids is 1. The van der Waals surface area contributed by atoms with Crippen LogP contribution in [0.4, 0.5) is 4.79 Å². The molecule has 0 saturated carbocycles. The number of piperidine rings is 1. The lowest BCUT2D eigenvalue weighted by molar-refractivity contribution is -0.695. The highest BCUT2D eigenvalue weighted by molar-refractivity contribution is 5.85. The van der Waals surface area contributed by atoms with Crippen molar-refractivity contribution in [2.45, 2.75) is 63.1 Å². The number of carboxylic acid groups (broad SMARTS) is 1. The smallest absolute Gasteiger partial charge is 0.408 e. The van der Waals surface area contributed by atoms with Crippen LogP contribution in [0, 0.1) is 4.91 Å². The van der Waals surface area contributed by atoms with Gasteiger partial charge >= 0.3 is 12.1 Å². The van der Waals surface area contributed by atoms with Crippen LogP contribution in [0.3, 0.4) is 0 Å². The van der Waals surface area contributed by atoms with Gasteiger partial charge in [-0.3, -0.25) is 0 Å². The van der Waals surface area contributed by atoms with E-state index in [1.165, 1.54) is 0 Å². The summed E-state index contributed by atoms with van der Waals surface area (Å²) in [5.41, 5.74) is 0.882. The summed E-state index contributed by atoms with van der Waals surface area (Å²) >= 11 is 0. The predicted molar refractivity (Wildman–Crippen MR) is 120 cm³/mol. The fraction of sp³-hybridized carbons (Fsp3) is 0.440. The first kappa shape index (κ1) is 22.0. The van der Waals surface area contributed by atoms with Gasteiger partial charge in [0.05, 0.1) is 12.8 Å². The molecule has 0 spiro atoms. The van der Waals surface area contributed by atoms with Crippen molar-refractivity contribution < 1.29 is 24.2 Å². The zero-order chi connectivity index (χ0) is 23.3. The molecule has 1 aliphatic carbocycles. The molecule has 0 atom stereocenters. The van der Waals surface area contributed by atoms with Gasteiger partial charge in [0.15, 0.2) is 5.54 Å². The molecule has 7 heteroatoms. The summed E-state index contributed by atoms with van der Waals surface area (Å²) in [6.07, 6.45) is -0.834. The van der Waals surface area contributed by atoms with Crippen molar-refractivity contribution >= 4 is 12.1 Å². The molecule has 1 aliphatic heterocycles. The Bertz CT molecular complexity index is 1040. The van der Waals surface area contributed by atoms with E-state index in [0.717, 1.165) is 27.0 Å². The van der Waals surface area contributed by atoms with Gasteiger partial charge in [-0.2, -0.15) is 0 Å². The number of amides is 1. The van der Waals surface area contributed by atoms with Crippen molar-refractivity contribution in [3.05, 3.63) is 64.6 Å². The van der Waals surface area contributed by atoms with Gasteiger partial charge in [0.1, 0.15) is 6.61 Å². The number of hydrogen-bond acceptors (Lipinski definition) is 4. The Morgan fingerprint density at radius 2 is 1.44 bits per heavy atom. The molecule has 2 aromatic rings. The van der Waals surface area contributed by atoms with E-state index >= 15 is 0 Å². The van der Waals surface area contributed by atoms with E-state index in [2.05, 4.69) is 17.4 Å². The van der Waals surface area contributed by atoms with E-state index in [1.807, 2.05) is 36.4 Å². The molecule has 168 valence electrons. The Labute approximate surface area is 187 Å². The second kappa shape index (κ2) is 7.43. The monoisotopic (exact) mass is 437 g/mol. The number of nitrogens with zero attached hydrogens (tertiary/aromatic N) is 1. The Morgan fingerprint density at radius 1 is 0.969 bits per heavy atom. The molecule has 1 amide bonds. The third-order valence-electron chi connectivity index (χ3n) is 6.66. The van der Waals surface area contributed by atoms with Crippen LogP contribution in [-0.2, 0) is 9.53 Å². The molecule has 32 heavy (non-hydrogen) atoms. The largest absolute Gasteiger partial charge is 0.479 e. The first-order valence-corrected chi connectivity index (χ1v) is 10.8. The van der Waals surface area contributed by atoms with Crippen LogP contribution in [0.2, 0.25) is 0 Å². The van der Waals surface area contributed by atoms with E-state index < -0.39 is 28.7 Å². The zero-order valence-corrected chi connectivity index (χ0v) is 18.8. The number of nitroso groups, excluding NO2 is 1. The topological polar surface area (TPSA) is 95.7 Å². The van der Waals surface area contributed by atoms with Gasteiger partial charge < -0.3 is 15.2 Å². The highest BCUT2D eigenvalue weighted by atomic mass is 16.5. The van der Waals surface area contributed by atoms with Gasteiger partial charge in [-0.1, -0.05) is 48.5 Å². The SMILES string of the molecule is CC1(C)CC(NC(=O)OCC2c3ccccc3-c3ccccc32)(C(=O)O)CC(C)(C)[N+]1=O. The molecule has 1 heterocycles. The van der Waals surface area contributed by atoms with Crippen molar-refractivity contribution in [1.29, 1.82) is 0 Å². The van der Waals surface area contributed by atoms with E-state index in [-0.39, 0.29) is 25.4 Å². The Kier molecular flexibility index (Phi) is 5.11. The van der Waals surface area contributed by atoms with Gasteiger partial charge in [0, 0.05) is 43.3 Å². The maximum absolute atomic E-state index is 12.8. The number of nitrogens with one attached hydrogen (secondary N) is 1. The second-order valence-corrected chi connectivity index (χ2v) is 10.1. The van der Waals surface area contributed by atoms with Crippen LogP contribution < -0.4 is 5.32 Å². The van der Waals surface area contributed by atoms with Crippen LogP contribution in [0.25, 0.3) is 11.1 Å². The van der Waals surface area contributed by atoms with E-state index in [0.29, 0.717) is 0 Å². The second-order valence-electron chi connectivity index (χ2n) is 10.1. The minimum atomic E-state index is -1.59. The third kappa shape index (κ3) is 3.55. The van der Waals surface area contributed by atoms with Crippen molar-refractivity contribution in [2.24, 2.45) is 0 Å². The first-order chi connectivity index (χ1) is 15.0. The lowest BCUT2D eigenvalue weighted by atomic mass is 9.70. The fourth-order valence-corrected chi connectivity index (χ4v) is 5.63. The summed E-state index contributed by atoms with van der Waals surface area (Å²) in [5, 5.41) is 12.6. The normalized spacial score (nSPS) is 20.2. The number of fused-ring (bicyclic) bond motifs is 3. The molecule has 0 aromatic heterocycles. The first-order valence-electron chi connectivity index (χ1n) is 10.8. The molecular weight excluding hydrogens is 408 g/mol. The van der Waals surface area contributed by atoms with Gasteiger partial charge in [-0.05, 0) is 22.3 Å². The van der Waals surface area contributed by atoms with Gasteiger partial charge in [-0.25, -0.2) is 9.59 Å². The molecule has 7 nitrogen and oxygen atoms in total. The zero-order valence-electron chi connectivity index (χ0n) is 18.8. The maximum Gasteiger partial charge on any atom is 0.408 e. The summed E-state index contributed by atoms with van der Waals surface area (Å²) in [4.78, 5) is 37.8. The molecule has 4 rings (SSSR count).